The van der Waals surface area contributed by atoms with Crippen LogP contribution >= 0.6 is 31.9 Å². The molecular formula is C22H15Br2N3O4. The van der Waals surface area contributed by atoms with Crippen LogP contribution in [-0.4, -0.2) is 34.6 Å². The van der Waals surface area contributed by atoms with Crippen molar-refractivity contribution in [1.29, 1.82) is 0 Å². The van der Waals surface area contributed by atoms with Gasteiger partial charge in [0.1, 0.15) is 11.3 Å². The van der Waals surface area contributed by atoms with Gasteiger partial charge in [0, 0.05) is 32.5 Å². The molecule has 31 heavy (non-hydrogen) atoms. The van der Waals surface area contributed by atoms with Crippen molar-refractivity contribution in [3.8, 4) is 34.3 Å². The number of ether oxygens (including phenoxy) is 3. The van der Waals surface area contributed by atoms with Gasteiger partial charge in [-0.05, 0) is 74.3 Å². The Morgan fingerprint density at radius 1 is 1.13 bits per heavy atom. The third-order valence-corrected chi connectivity index (χ3v) is 5.98. The molecule has 2 aromatic heterocycles. The summed E-state index contributed by atoms with van der Waals surface area (Å²) < 4.78 is 19.8. The smallest absolute Gasteiger partial charge is 0.231 e. The van der Waals surface area contributed by atoms with Crippen LogP contribution in [-0.2, 0) is 0 Å². The van der Waals surface area contributed by atoms with Gasteiger partial charge in [-0.25, -0.2) is 9.98 Å². The highest BCUT2D eigenvalue weighted by atomic mass is 79.9. The third-order valence-electron chi connectivity index (χ3n) is 4.83. The highest BCUT2D eigenvalue weighted by Crippen LogP contribution is 2.38. The lowest BCUT2D eigenvalue weighted by molar-refractivity contribution is 0.174. The van der Waals surface area contributed by atoms with Gasteiger partial charge in [-0.2, -0.15) is 0 Å². The van der Waals surface area contributed by atoms with Crippen LogP contribution in [0.15, 0.2) is 62.6 Å². The van der Waals surface area contributed by atoms with E-state index in [1.165, 1.54) is 7.11 Å². The number of phenolic OH excluding ortho intramolecular Hbond substituents is 1. The van der Waals surface area contributed by atoms with Gasteiger partial charge in [0.05, 0.1) is 7.11 Å². The van der Waals surface area contributed by atoms with Gasteiger partial charge in [0.2, 0.25) is 6.79 Å². The van der Waals surface area contributed by atoms with Crippen molar-refractivity contribution < 1.29 is 19.3 Å². The molecule has 0 fully saturated rings. The number of phenols is 1. The number of imidazole rings is 1. The minimum Gasteiger partial charge on any atom is -0.504 e. The number of hydrogen-bond acceptors (Lipinski definition) is 6. The summed E-state index contributed by atoms with van der Waals surface area (Å²) in [5, 5.41) is 9.97. The van der Waals surface area contributed by atoms with Crippen LogP contribution in [0.25, 0.3) is 16.9 Å². The second-order valence-electron chi connectivity index (χ2n) is 6.73. The summed E-state index contributed by atoms with van der Waals surface area (Å²) in [6.45, 7) is 0.205. The monoisotopic (exact) mass is 543 g/mol. The van der Waals surface area contributed by atoms with Crippen molar-refractivity contribution in [1.82, 2.24) is 9.38 Å². The normalized spacial score (nSPS) is 12.7. The first-order chi connectivity index (χ1) is 15.0. The van der Waals surface area contributed by atoms with Gasteiger partial charge in [-0.15, -0.1) is 0 Å². The van der Waals surface area contributed by atoms with Crippen LogP contribution < -0.4 is 14.2 Å². The Kier molecular flexibility index (Phi) is 5.07. The van der Waals surface area contributed by atoms with E-state index in [9.17, 15) is 5.11 Å². The number of nitrogens with zero attached hydrogens (tertiary/aromatic N) is 3. The van der Waals surface area contributed by atoms with Gasteiger partial charge >= 0.3 is 0 Å². The molecule has 0 amide bonds. The number of benzene rings is 2. The fourth-order valence-electron chi connectivity index (χ4n) is 3.31. The summed E-state index contributed by atoms with van der Waals surface area (Å²) in [7, 11) is 1.51. The van der Waals surface area contributed by atoms with Crippen molar-refractivity contribution in [2.24, 2.45) is 4.99 Å². The summed E-state index contributed by atoms with van der Waals surface area (Å²) in [5.74, 6) is 2.43. The standard InChI is InChI=1S/C22H15Br2N3O4/c1-29-17-6-12(2-4-16(17)28)21-22(27-10-14(23)3-5-20(27)26-21)25-9-13-7-18-19(8-15(13)24)31-11-30-18/h2-10,28H,11H2,1H3. The summed E-state index contributed by atoms with van der Waals surface area (Å²) in [4.78, 5) is 9.53. The molecular weight excluding hydrogens is 530 g/mol. The van der Waals surface area contributed by atoms with E-state index in [0.717, 1.165) is 25.7 Å². The van der Waals surface area contributed by atoms with E-state index >= 15 is 0 Å². The number of rotatable bonds is 4. The summed E-state index contributed by atoms with van der Waals surface area (Å²) in [6.07, 6.45) is 3.66. The van der Waals surface area contributed by atoms with Gasteiger partial charge in [-0.3, -0.25) is 4.40 Å². The number of aromatic hydroxyl groups is 1. The Labute approximate surface area is 194 Å². The second-order valence-corrected chi connectivity index (χ2v) is 8.50. The number of halogens is 2. The first-order valence-corrected chi connectivity index (χ1v) is 10.8. The molecule has 1 aliphatic rings. The maximum Gasteiger partial charge on any atom is 0.231 e. The average Bonchev–Trinajstić information content (AvgIpc) is 3.36. The minimum atomic E-state index is 0.0621. The van der Waals surface area contributed by atoms with Gasteiger partial charge in [0.15, 0.2) is 28.8 Å². The molecule has 0 bridgehead atoms. The van der Waals surface area contributed by atoms with Crippen LogP contribution in [0.5, 0.6) is 23.0 Å². The van der Waals surface area contributed by atoms with Crippen molar-refractivity contribution >= 4 is 49.5 Å². The first kappa shape index (κ1) is 19.9. The van der Waals surface area contributed by atoms with Crippen molar-refractivity contribution in [3.05, 3.63) is 63.2 Å². The molecule has 1 aliphatic heterocycles. The predicted octanol–water partition coefficient (Wildman–Crippen LogP) is 5.72. The molecule has 1 N–H and O–H groups in total. The zero-order chi connectivity index (χ0) is 21.5. The van der Waals surface area contributed by atoms with Crippen LogP contribution in [0.4, 0.5) is 5.82 Å². The molecule has 3 heterocycles. The van der Waals surface area contributed by atoms with E-state index < -0.39 is 0 Å². The lowest BCUT2D eigenvalue weighted by Gasteiger charge is -2.06. The zero-order valence-electron chi connectivity index (χ0n) is 16.2. The molecule has 0 radical (unpaired) electrons. The molecule has 0 spiro atoms. The zero-order valence-corrected chi connectivity index (χ0v) is 19.3. The van der Waals surface area contributed by atoms with Crippen molar-refractivity contribution in [3.63, 3.8) is 0 Å². The molecule has 0 saturated heterocycles. The van der Waals surface area contributed by atoms with Crippen molar-refractivity contribution in [2.75, 3.05) is 13.9 Å². The molecule has 4 aromatic rings. The Bertz CT molecular complexity index is 1350. The molecule has 0 aliphatic carbocycles. The average molecular weight is 545 g/mol. The van der Waals surface area contributed by atoms with Crippen LogP contribution in [0.3, 0.4) is 0 Å². The van der Waals surface area contributed by atoms with Crippen LogP contribution in [0, 0.1) is 0 Å². The fourth-order valence-corrected chi connectivity index (χ4v) is 4.07. The topological polar surface area (TPSA) is 77.6 Å². The van der Waals surface area contributed by atoms with Gasteiger partial charge in [0.25, 0.3) is 0 Å². The lowest BCUT2D eigenvalue weighted by atomic mass is 10.1. The molecule has 0 atom stereocenters. The first-order valence-electron chi connectivity index (χ1n) is 9.21. The Morgan fingerprint density at radius 2 is 1.94 bits per heavy atom. The Balaban J connectivity index is 1.66. The molecule has 9 heteroatoms. The number of hydrogen-bond donors (Lipinski definition) is 1. The Morgan fingerprint density at radius 3 is 2.74 bits per heavy atom. The van der Waals surface area contributed by atoms with E-state index in [1.54, 1.807) is 24.4 Å². The Hall–Kier alpha value is -3.04. The SMILES string of the molecule is COc1cc(-c2nc3ccc(Br)cn3c2N=Cc2cc3c(cc2Br)OCO3)ccc1O. The molecule has 2 aromatic carbocycles. The number of aliphatic imine (C=N–C) groups is 1. The second kappa shape index (κ2) is 7.90. The fraction of sp³-hybridized carbons (Fsp3) is 0.0909. The van der Waals surface area contributed by atoms with E-state index in [1.807, 2.05) is 34.9 Å². The highest BCUT2D eigenvalue weighted by Gasteiger charge is 2.18. The number of fused-ring (bicyclic) bond motifs is 2. The summed E-state index contributed by atoms with van der Waals surface area (Å²) in [6, 6.07) is 12.7. The predicted molar refractivity (Wildman–Crippen MR) is 124 cm³/mol. The maximum absolute atomic E-state index is 9.97. The van der Waals surface area contributed by atoms with E-state index in [2.05, 4.69) is 31.9 Å². The van der Waals surface area contributed by atoms with Crippen LogP contribution in [0.2, 0.25) is 0 Å². The summed E-state index contributed by atoms with van der Waals surface area (Å²) >= 11 is 7.08. The number of methoxy groups -OCH3 is 1. The number of pyridine rings is 1. The molecule has 0 unspecified atom stereocenters. The third kappa shape index (κ3) is 3.64. The lowest BCUT2D eigenvalue weighted by Crippen LogP contribution is -1.92. The molecule has 0 saturated carbocycles. The van der Waals surface area contributed by atoms with Gasteiger partial charge in [-0.1, -0.05) is 0 Å². The highest BCUT2D eigenvalue weighted by molar-refractivity contribution is 9.10. The van der Waals surface area contributed by atoms with E-state index in [-0.39, 0.29) is 12.5 Å². The number of aromatic nitrogens is 2. The molecule has 7 nitrogen and oxygen atoms in total. The van der Waals surface area contributed by atoms with Crippen LogP contribution in [0.1, 0.15) is 5.56 Å². The maximum atomic E-state index is 9.97. The summed E-state index contributed by atoms with van der Waals surface area (Å²) in [5.41, 5.74) is 3.00. The minimum absolute atomic E-state index is 0.0621. The van der Waals surface area contributed by atoms with Gasteiger partial charge < -0.3 is 19.3 Å². The molecule has 5 rings (SSSR count). The molecule has 156 valence electrons. The van der Waals surface area contributed by atoms with E-state index in [4.69, 9.17) is 24.2 Å². The van der Waals surface area contributed by atoms with E-state index in [0.29, 0.717) is 28.8 Å². The quantitative estimate of drug-likeness (QED) is 0.332. The largest absolute Gasteiger partial charge is 0.504 e. The van der Waals surface area contributed by atoms with Crippen molar-refractivity contribution in [2.45, 2.75) is 0 Å².